The zero-order valence-corrected chi connectivity index (χ0v) is 22.5. The molecule has 0 bridgehead atoms. The van der Waals surface area contributed by atoms with Crippen LogP contribution in [0.25, 0.3) is 16.6 Å². The van der Waals surface area contributed by atoms with Crippen LogP contribution in [0.2, 0.25) is 0 Å². The van der Waals surface area contributed by atoms with Gasteiger partial charge in [-0.15, -0.1) is 0 Å². The number of para-hydroxylation sites is 1. The summed E-state index contributed by atoms with van der Waals surface area (Å²) < 4.78 is 7.02. The summed E-state index contributed by atoms with van der Waals surface area (Å²) in [7, 11) is 1.68. The number of ether oxygens (including phenoxy) is 1. The summed E-state index contributed by atoms with van der Waals surface area (Å²) in [6, 6.07) is 15.0. The first kappa shape index (κ1) is 27.6. The molecule has 194 valence electrons. The molecule has 6 heteroatoms. The van der Waals surface area contributed by atoms with Crippen molar-refractivity contribution in [1.82, 2.24) is 14.5 Å². The molecule has 0 saturated heterocycles. The van der Waals surface area contributed by atoms with Crippen LogP contribution in [0.3, 0.4) is 0 Å². The van der Waals surface area contributed by atoms with Crippen molar-refractivity contribution < 1.29 is 9.53 Å². The molecule has 2 aromatic carbocycles. The fourth-order valence-electron chi connectivity index (χ4n) is 4.85. The Morgan fingerprint density at radius 1 is 1.03 bits per heavy atom. The quantitative estimate of drug-likeness (QED) is 0.266. The lowest BCUT2D eigenvalue weighted by molar-refractivity contribution is -0.139. The van der Waals surface area contributed by atoms with E-state index in [1.165, 1.54) is 0 Å². The summed E-state index contributed by atoms with van der Waals surface area (Å²) in [6.07, 6.45) is 5.13. The molecule has 0 saturated carbocycles. The van der Waals surface area contributed by atoms with Gasteiger partial charge in [-0.25, -0.2) is 4.98 Å². The summed E-state index contributed by atoms with van der Waals surface area (Å²) in [4.78, 5) is 34.8. The Kier molecular flexibility index (Phi) is 10.2. The number of benzene rings is 2. The second-order valence-corrected chi connectivity index (χ2v) is 9.51. The summed E-state index contributed by atoms with van der Waals surface area (Å²) in [6.45, 7) is 9.46. The van der Waals surface area contributed by atoms with Gasteiger partial charge in [0.2, 0.25) is 5.91 Å². The summed E-state index contributed by atoms with van der Waals surface area (Å²) in [5.41, 5.74) is 2.42. The molecule has 0 N–H and O–H groups in total. The molecule has 1 amide bonds. The number of rotatable bonds is 13. The van der Waals surface area contributed by atoms with Gasteiger partial charge in [0.05, 0.1) is 22.6 Å². The minimum absolute atomic E-state index is 0.0402. The number of hydrogen-bond donors (Lipinski definition) is 0. The Labute approximate surface area is 215 Å². The van der Waals surface area contributed by atoms with Crippen molar-refractivity contribution >= 4 is 16.8 Å². The summed E-state index contributed by atoms with van der Waals surface area (Å²) in [5, 5.41) is 0.573. The number of aryl methyl sites for hydroxylation is 1. The number of unbranched alkanes of at least 4 members (excludes halogenated alkanes) is 1. The number of aromatic nitrogens is 2. The van der Waals surface area contributed by atoms with Crippen molar-refractivity contribution in [2.24, 2.45) is 5.92 Å². The van der Waals surface area contributed by atoms with Crippen LogP contribution in [0.15, 0.2) is 53.3 Å². The first-order valence-corrected chi connectivity index (χ1v) is 13.3. The molecule has 0 spiro atoms. The summed E-state index contributed by atoms with van der Waals surface area (Å²) in [5.74, 6) is 0.717. The van der Waals surface area contributed by atoms with Crippen molar-refractivity contribution in [3.05, 3.63) is 70.3 Å². The maximum absolute atomic E-state index is 14.0. The van der Waals surface area contributed by atoms with Gasteiger partial charge in [0.15, 0.2) is 0 Å². The average molecular weight is 492 g/mol. The SMILES string of the molecule is CCCCC(CC)C(=O)N(CCCOC)C(CC)c1nc2ccccc2c(=O)n1-c1ccc(C)cc1. The van der Waals surface area contributed by atoms with E-state index in [1.807, 2.05) is 60.4 Å². The number of fused-ring (bicyclic) bond motifs is 1. The van der Waals surface area contributed by atoms with Crippen molar-refractivity contribution in [3.63, 3.8) is 0 Å². The molecule has 1 heterocycles. The molecule has 0 radical (unpaired) electrons. The van der Waals surface area contributed by atoms with Crippen LogP contribution in [-0.4, -0.2) is 40.6 Å². The number of carbonyl (C=O) groups excluding carboxylic acids is 1. The lowest BCUT2D eigenvalue weighted by atomic mass is 9.96. The van der Waals surface area contributed by atoms with Gasteiger partial charge in [0.1, 0.15) is 5.82 Å². The van der Waals surface area contributed by atoms with Gasteiger partial charge in [0.25, 0.3) is 5.56 Å². The van der Waals surface area contributed by atoms with E-state index in [0.29, 0.717) is 36.3 Å². The third kappa shape index (κ3) is 6.22. The van der Waals surface area contributed by atoms with Gasteiger partial charge in [-0.3, -0.25) is 14.2 Å². The highest BCUT2D eigenvalue weighted by Crippen LogP contribution is 2.29. The Hall–Kier alpha value is -2.99. The van der Waals surface area contributed by atoms with Crippen molar-refractivity contribution in [2.75, 3.05) is 20.3 Å². The van der Waals surface area contributed by atoms with Crippen LogP contribution in [0.1, 0.15) is 76.7 Å². The number of carbonyl (C=O) groups is 1. The van der Waals surface area contributed by atoms with E-state index in [2.05, 4.69) is 20.8 Å². The van der Waals surface area contributed by atoms with E-state index in [9.17, 15) is 9.59 Å². The number of amides is 1. The number of nitrogens with zero attached hydrogens (tertiary/aromatic N) is 3. The van der Waals surface area contributed by atoms with Gasteiger partial charge in [-0.2, -0.15) is 0 Å². The van der Waals surface area contributed by atoms with Gasteiger partial charge in [0, 0.05) is 26.2 Å². The van der Waals surface area contributed by atoms with Crippen molar-refractivity contribution in [1.29, 1.82) is 0 Å². The zero-order valence-electron chi connectivity index (χ0n) is 22.5. The Balaban J connectivity index is 2.20. The molecular weight excluding hydrogens is 450 g/mol. The standard InChI is InChI=1S/C30H41N3O3/c1-6-9-13-23(7-2)29(34)32(20-12-21-36-5)27(8-3)28-31-26-15-11-10-14-25(26)30(35)33(28)24-18-16-22(4)17-19-24/h10-11,14-19,23,27H,6-9,12-13,20-21H2,1-5H3. The smallest absolute Gasteiger partial charge is 0.266 e. The van der Waals surface area contributed by atoms with Crippen molar-refractivity contribution in [2.45, 2.75) is 72.3 Å². The average Bonchev–Trinajstić information content (AvgIpc) is 2.89. The lowest BCUT2D eigenvalue weighted by Crippen LogP contribution is -2.42. The fourth-order valence-corrected chi connectivity index (χ4v) is 4.85. The molecule has 1 aromatic heterocycles. The third-order valence-electron chi connectivity index (χ3n) is 6.93. The van der Waals surface area contributed by atoms with Crippen LogP contribution in [0, 0.1) is 12.8 Å². The molecule has 6 nitrogen and oxygen atoms in total. The predicted molar refractivity (Wildman–Crippen MR) is 147 cm³/mol. The predicted octanol–water partition coefficient (Wildman–Crippen LogP) is 6.23. The molecule has 0 aliphatic carbocycles. The number of methoxy groups -OCH3 is 1. The Morgan fingerprint density at radius 3 is 2.39 bits per heavy atom. The molecular formula is C30H41N3O3. The van der Waals surface area contributed by atoms with Crippen LogP contribution in [-0.2, 0) is 9.53 Å². The van der Waals surface area contributed by atoms with Gasteiger partial charge in [-0.05, 0) is 56.9 Å². The molecule has 2 atom stereocenters. The maximum atomic E-state index is 14.0. The van der Waals surface area contributed by atoms with Crippen LogP contribution >= 0.6 is 0 Å². The molecule has 3 rings (SSSR count). The van der Waals surface area contributed by atoms with E-state index in [1.54, 1.807) is 11.7 Å². The van der Waals surface area contributed by atoms with Crippen LogP contribution in [0.4, 0.5) is 0 Å². The largest absolute Gasteiger partial charge is 0.385 e. The topological polar surface area (TPSA) is 64.4 Å². The first-order valence-electron chi connectivity index (χ1n) is 13.3. The highest BCUT2D eigenvalue weighted by atomic mass is 16.5. The van der Waals surface area contributed by atoms with Gasteiger partial charge >= 0.3 is 0 Å². The monoisotopic (exact) mass is 491 g/mol. The molecule has 3 aromatic rings. The first-order chi connectivity index (χ1) is 17.5. The van der Waals surface area contributed by atoms with Gasteiger partial charge in [-0.1, -0.05) is 63.4 Å². The molecule has 0 fully saturated rings. The lowest BCUT2D eigenvalue weighted by Gasteiger charge is -2.35. The molecule has 0 aliphatic heterocycles. The van der Waals surface area contributed by atoms with E-state index in [0.717, 1.165) is 43.4 Å². The third-order valence-corrected chi connectivity index (χ3v) is 6.93. The highest BCUT2D eigenvalue weighted by Gasteiger charge is 2.32. The molecule has 2 unspecified atom stereocenters. The normalized spacial score (nSPS) is 13.0. The van der Waals surface area contributed by atoms with Crippen LogP contribution in [0.5, 0.6) is 0 Å². The second-order valence-electron chi connectivity index (χ2n) is 9.51. The van der Waals surface area contributed by atoms with Gasteiger partial charge < -0.3 is 9.64 Å². The highest BCUT2D eigenvalue weighted by molar-refractivity contribution is 5.80. The zero-order chi connectivity index (χ0) is 26.1. The van der Waals surface area contributed by atoms with E-state index in [4.69, 9.17) is 9.72 Å². The minimum Gasteiger partial charge on any atom is -0.385 e. The summed E-state index contributed by atoms with van der Waals surface area (Å²) >= 11 is 0. The Bertz CT molecular complexity index is 1190. The maximum Gasteiger partial charge on any atom is 0.266 e. The van der Waals surface area contributed by atoms with E-state index < -0.39 is 0 Å². The number of hydrogen-bond acceptors (Lipinski definition) is 4. The molecule has 36 heavy (non-hydrogen) atoms. The van der Waals surface area contributed by atoms with Crippen molar-refractivity contribution in [3.8, 4) is 5.69 Å². The fraction of sp³-hybridized carbons (Fsp3) is 0.500. The van der Waals surface area contributed by atoms with E-state index >= 15 is 0 Å². The van der Waals surface area contributed by atoms with E-state index in [-0.39, 0.29) is 23.4 Å². The molecule has 0 aliphatic rings. The minimum atomic E-state index is -0.330. The Morgan fingerprint density at radius 2 is 1.75 bits per heavy atom. The van der Waals surface area contributed by atoms with Crippen LogP contribution < -0.4 is 5.56 Å². The second kappa shape index (κ2) is 13.4.